The van der Waals surface area contributed by atoms with Gasteiger partial charge in [0.25, 0.3) is 0 Å². The molecule has 118 valence electrons. The summed E-state index contributed by atoms with van der Waals surface area (Å²) in [5.74, 6) is -0.331. The number of carbonyl (C=O) groups excluding carboxylic acids is 1. The lowest BCUT2D eigenvalue weighted by Crippen LogP contribution is -2.35. The average molecular weight is 339 g/mol. The average Bonchev–Trinajstić information content (AvgIpc) is 2.56. The number of hydrogen-bond acceptors (Lipinski definition) is 2. The molecule has 0 unspecified atom stereocenters. The van der Waals surface area contributed by atoms with E-state index >= 15 is 0 Å². The van der Waals surface area contributed by atoms with E-state index in [0.29, 0.717) is 10.0 Å². The molecule has 2 aromatic rings. The Morgan fingerprint density at radius 3 is 1.45 bits per heavy atom. The number of halogens is 2. The highest BCUT2D eigenvalue weighted by molar-refractivity contribution is 6.30. The van der Waals surface area contributed by atoms with Crippen LogP contribution in [0.5, 0.6) is 0 Å². The van der Waals surface area contributed by atoms with E-state index in [1.54, 1.807) is 24.3 Å². The first kappa shape index (κ1) is 18.5. The molecular weight excluding hydrogens is 319 g/mol. The van der Waals surface area contributed by atoms with Crippen LogP contribution >= 0.6 is 23.2 Å². The van der Waals surface area contributed by atoms with Crippen LogP contribution in [0.2, 0.25) is 10.0 Å². The molecule has 0 saturated heterocycles. The van der Waals surface area contributed by atoms with Crippen molar-refractivity contribution in [2.24, 2.45) is 0 Å². The maximum Gasteiger partial charge on any atom is 0.320 e. The summed E-state index contributed by atoms with van der Waals surface area (Å²) in [5, 5.41) is 1.24. The fourth-order valence-electron chi connectivity index (χ4n) is 2.17. The Bertz CT molecular complexity index is 558. The molecule has 22 heavy (non-hydrogen) atoms. The number of methoxy groups -OCH3 is 1. The molecule has 0 aliphatic heterocycles. The van der Waals surface area contributed by atoms with Crippen LogP contribution in [0.1, 0.15) is 31.9 Å². The highest BCUT2D eigenvalue weighted by Crippen LogP contribution is 2.34. The predicted octanol–water partition coefficient (Wildman–Crippen LogP) is 5.50. The Morgan fingerprint density at radius 2 is 1.18 bits per heavy atom. The molecule has 0 fully saturated rings. The Morgan fingerprint density at radius 1 is 0.864 bits per heavy atom. The van der Waals surface area contributed by atoms with E-state index in [-0.39, 0.29) is 5.97 Å². The third-order valence-electron chi connectivity index (χ3n) is 3.44. The minimum absolute atomic E-state index is 0.331. The molecule has 2 rings (SSSR count). The van der Waals surface area contributed by atoms with Crippen molar-refractivity contribution < 1.29 is 9.53 Å². The summed E-state index contributed by atoms with van der Waals surface area (Å²) < 4.78 is 4.98. The van der Waals surface area contributed by atoms with Crippen molar-refractivity contribution in [1.82, 2.24) is 0 Å². The van der Waals surface area contributed by atoms with Gasteiger partial charge in [-0.15, -0.1) is 0 Å². The van der Waals surface area contributed by atoms with Gasteiger partial charge in [0.2, 0.25) is 0 Å². The lowest BCUT2D eigenvalue weighted by atomic mass is 9.76. The Kier molecular flexibility index (Phi) is 6.92. The van der Waals surface area contributed by atoms with Crippen LogP contribution in [0.25, 0.3) is 0 Å². The number of hydrogen-bond donors (Lipinski definition) is 0. The zero-order valence-electron chi connectivity index (χ0n) is 13.2. The normalized spacial score (nSPS) is 10.5. The molecule has 2 aromatic carbocycles. The monoisotopic (exact) mass is 338 g/mol. The highest BCUT2D eigenvalue weighted by atomic mass is 35.5. The first-order valence-corrected chi connectivity index (χ1v) is 7.84. The second-order valence-electron chi connectivity index (χ2n) is 4.63. The summed E-state index contributed by atoms with van der Waals surface area (Å²) in [6.07, 6.45) is 0. The van der Waals surface area contributed by atoms with Gasteiger partial charge >= 0.3 is 5.97 Å². The second kappa shape index (κ2) is 8.21. The van der Waals surface area contributed by atoms with E-state index in [4.69, 9.17) is 27.9 Å². The molecule has 0 N–H and O–H groups in total. The van der Waals surface area contributed by atoms with Gasteiger partial charge in [0.1, 0.15) is 5.41 Å². The maximum atomic E-state index is 12.3. The number of carbonyl (C=O) groups is 1. The van der Waals surface area contributed by atoms with Gasteiger partial charge in [0, 0.05) is 10.0 Å². The van der Waals surface area contributed by atoms with E-state index in [1.807, 2.05) is 45.0 Å². The van der Waals surface area contributed by atoms with E-state index in [9.17, 15) is 4.79 Å². The first-order chi connectivity index (χ1) is 10.5. The molecule has 0 atom stereocenters. The van der Waals surface area contributed by atoms with E-state index < -0.39 is 5.41 Å². The maximum absolute atomic E-state index is 12.3. The van der Waals surface area contributed by atoms with Gasteiger partial charge in [-0.3, -0.25) is 4.79 Å². The minimum Gasteiger partial charge on any atom is -0.468 e. The van der Waals surface area contributed by atoms with Crippen LogP contribution in [-0.4, -0.2) is 13.1 Å². The molecular formula is C18H20Cl2O2. The lowest BCUT2D eigenvalue weighted by molar-refractivity contribution is -0.145. The Hall–Kier alpha value is -1.51. The van der Waals surface area contributed by atoms with E-state index in [2.05, 4.69) is 0 Å². The van der Waals surface area contributed by atoms with E-state index in [1.165, 1.54) is 7.11 Å². The molecule has 4 heteroatoms. The summed E-state index contributed by atoms with van der Waals surface area (Å²) in [4.78, 5) is 12.3. The van der Waals surface area contributed by atoms with Gasteiger partial charge < -0.3 is 4.74 Å². The second-order valence-corrected chi connectivity index (χ2v) is 5.50. The summed E-state index contributed by atoms with van der Waals surface area (Å²) in [6.45, 7) is 5.82. The SMILES string of the molecule is CC.COC(=O)C(C)(c1ccc(Cl)cc1)c1ccc(Cl)cc1. The predicted molar refractivity (Wildman–Crippen MR) is 92.7 cm³/mol. The molecule has 0 radical (unpaired) electrons. The van der Waals surface area contributed by atoms with Crippen LogP contribution in [0, 0.1) is 0 Å². The molecule has 0 amide bonds. The smallest absolute Gasteiger partial charge is 0.320 e. The van der Waals surface area contributed by atoms with Crippen molar-refractivity contribution >= 4 is 29.2 Å². The van der Waals surface area contributed by atoms with Crippen molar-refractivity contribution in [3.8, 4) is 0 Å². The molecule has 0 aliphatic carbocycles. The van der Waals surface area contributed by atoms with Crippen molar-refractivity contribution in [2.75, 3.05) is 7.11 Å². The third-order valence-corrected chi connectivity index (χ3v) is 3.94. The van der Waals surface area contributed by atoms with Crippen LogP contribution in [0.15, 0.2) is 48.5 Å². The van der Waals surface area contributed by atoms with Crippen LogP contribution in [0.4, 0.5) is 0 Å². The number of rotatable bonds is 3. The van der Waals surface area contributed by atoms with Crippen molar-refractivity contribution in [1.29, 1.82) is 0 Å². The molecule has 0 bridgehead atoms. The van der Waals surface area contributed by atoms with Crippen molar-refractivity contribution in [2.45, 2.75) is 26.2 Å². The van der Waals surface area contributed by atoms with Gasteiger partial charge in [0.05, 0.1) is 7.11 Å². The molecule has 2 nitrogen and oxygen atoms in total. The van der Waals surface area contributed by atoms with Crippen molar-refractivity contribution in [3.63, 3.8) is 0 Å². The fraction of sp³-hybridized carbons (Fsp3) is 0.278. The molecule has 0 aliphatic rings. The topological polar surface area (TPSA) is 26.3 Å². The highest BCUT2D eigenvalue weighted by Gasteiger charge is 2.38. The molecule has 0 aromatic heterocycles. The summed E-state index contributed by atoms with van der Waals surface area (Å²) >= 11 is 11.8. The van der Waals surface area contributed by atoms with Crippen LogP contribution in [0.3, 0.4) is 0 Å². The summed E-state index contributed by atoms with van der Waals surface area (Å²) in [6, 6.07) is 14.3. The number of esters is 1. The Balaban J connectivity index is 0.00000116. The van der Waals surface area contributed by atoms with Crippen LogP contribution in [-0.2, 0) is 14.9 Å². The first-order valence-electron chi connectivity index (χ1n) is 7.09. The largest absolute Gasteiger partial charge is 0.468 e. The lowest BCUT2D eigenvalue weighted by Gasteiger charge is -2.28. The molecule has 0 saturated carbocycles. The van der Waals surface area contributed by atoms with E-state index in [0.717, 1.165) is 11.1 Å². The van der Waals surface area contributed by atoms with Gasteiger partial charge in [0.15, 0.2) is 0 Å². The molecule has 0 spiro atoms. The van der Waals surface area contributed by atoms with Gasteiger partial charge in [-0.25, -0.2) is 0 Å². The minimum atomic E-state index is -0.899. The van der Waals surface area contributed by atoms with Crippen LogP contribution < -0.4 is 0 Å². The Labute approximate surface area is 142 Å². The summed E-state index contributed by atoms with van der Waals surface area (Å²) in [7, 11) is 1.38. The van der Waals surface area contributed by atoms with Gasteiger partial charge in [-0.05, 0) is 42.3 Å². The fourth-order valence-corrected chi connectivity index (χ4v) is 2.42. The van der Waals surface area contributed by atoms with Crippen molar-refractivity contribution in [3.05, 3.63) is 69.7 Å². The van der Waals surface area contributed by atoms with Gasteiger partial charge in [-0.1, -0.05) is 61.3 Å². The third kappa shape index (κ3) is 3.82. The summed E-state index contributed by atoms with van der Waals surface area (Å²) in [5.41, 5.74) is 0.733. The number of ether oxygens (including phenoxy) is 1. The standard InChI is InChI=1S/C16H14Cl2O2.C2H6/c1-16(15(19)20-2,11-3-7-13(17)8-4-11)12-5-9-14(18)10-6-12;1-2/h3-10H,1-2H3;1-2H3. The molecule has 0 heterocycles. The quantitative estimate of drug-likeness (QED) is 0.690. The zero-order valence-corrected chi connectivity index (χ0v) is 14.7. The zero-order chi connectivity index (χ0) is 16.8. The van der Waals surface area contributed by atoms with Gasteiger partial charge in [-0.2, -0.15) is 0 Å². The number of benzene rings is 2.